The molecule has 1 saturated heterocycles. The van der Waals surface area contributed by atoms with Crippen LogP contribution in [-0.2, 0) is 0 Å². The Hall–Kier alpha value is -0.130. The van der Waals surface area contributed by atoms with Gasteiger partial charge in [0.25, 0.3) is 0 Å². The van der Waals surface area contributed by atoms with Gasteiger partial charge in [0.1, 0.15) is 5.82 Å². The molecule has 0 saturated carbocycles. The van der Waals surface area contributed by atoms with Crippen molar-refractivity contribution in [3.8, 4) is 0 Å². The van der Waals surface area contributed by atoms with E-state index in [1.54, 1.807) is 0 Å². The third-order valence-electron chi connectivity index (χ3n) is 2.31. The molecule has 1 aromatic heterocycles. The number of pyridine rings is 1. The molecule has 1 aliphatic rings. The second-order valence-electron chi connectivity index (χ2n) is 3.45. The maximum absolute atomic E-state index is 5.85. The summed E-state index contributed by atoms with van der Waals surface area (Å²) in [5.74, 6) is 0.987. The van der Waals surface area contributed by atoms with Crippen LogP contribution in [0.25, 0.3) is 0 Å². The number of nitrogens with two attached hydrogens (primary N) is 1. The lowest BCUT2D eigenvalue weighted by Gasteiger charge is -2.18. The van der Waals surface area contributed by atoms with Crippen LogP contribution in [0.3, 0.4) is 0 Å². The number of halogens is 2. The average Bonchev–Trinajstić information content (AvgIpc) is 2.51. The van der Waals surface area contributed by atoms with Crippen molar-refractivity contribution in [2.45, 2.75) is 12.5 Å². The Bertz CT molecular complexity index is 343. The second-order valence-corrected chi connectivity index (χ2v) is 5.22. The van der Waals surface area contributed by atoms with Gasteiger partial charge in [0, 0.05) is 29.8 Å². The van der Waals surface area contributed by atoms with Crippen molar-refractivity contribution in [3.05, 3.63) is 21.2 Å². The highest BCUT2D eigenvalue weighted by atomic mass is 79.9. The average molecular weight is 321 g/mol. The first-order valence-corrected chi connectivity index (χ1v) is 6.07. The molecule has 1 aromatic rings. The lowest BCUT2D eigenvalue weighted by molar-refractivity contribution is 0.751. The van der Waals surface area contributed by atoms with Crippen molar-refractivity contribution in [1.82, 2.24) is 4.98 Å². The monoisotopic (exact) mass is 319 g/mol. The van der Waals surface area contributed by atoms with E-state index in [-0.39, 0.29) is 6.04 Å². The van der Waals surface area contributed by atoms with Gasteiger partial charge in [-0.2, -0.15) is 0 Å². The van der Waals surface area contributed by atoms with Gasteiger partial charge in [-0.3, -0.25) is 0 Å². The Morgan fingerprint density at radius 3 is 2.86 bits per heavy atom. The van der Waals surface area contributed by atoms with Crippen molar-refractivity contribution in [3.63, 3.8) is 0 Å². The van der Waals surface area contributed by atoms with Gasteiger partial charge in [0.2, 0.25) is 0 Å². The molecule has 1 fully saturated rings. The number of anilines is 1. The highest BCUT2D eigenvalue weighted by Crippen LogP contribution is 2.28. The molecule has 2 N–H and O–H groups in total. The molecule has 14 heavy (non-hydrogen) atoms. The van der Waals surface area contributed by atoms with E-state index in [0.29, 0.717) is 0 Å². The Balaban J connectivity index is 2.24. The predicted octanol–water partition coefficient (Wildman–Crippen LogP) is 2.14. The van der Waals surface area contributed by atoms with Gasteiger partial charge >= 0.3 is 0 Å². The smallest absolute Gasteiger partial charge is 0.142 e. The minimum atomic E-state index is 0.285. The zero-order valence-electron chi connectivity index (χ0n) is 7.58. The molecule has 76 valence electrons. The molecule has 1 unspecified atom stereocenters. The summed E-state index contributed by atoms with van der Waals surface area (Å²) in [5, 5.41) is 0. The molecular formula is C9H11Br2N3. The molecule has 0 aromatic carbocycles. The van der Waals surface area contributed by atoms with E-state index >= 15 is 0 Å². The maximum atomic E-state index is 5.85. The number of aromatic nitrogens is 1. The van der Waals surface area contributed by atoms with Gasteiger partial charge in [-0.1, -0.05) is 0 Å². The first kappa shape index (κ1) is 10.4. The molecule has 0 radical (unpaired) electrons. The summed E-state index contributed by atoms with van der Waals surface area (Å²) in [4.78, 5) is 6.58. The minimum absolute atomic E-state index is 0.285. The van der Waals surface area contributed by atoms with Crippen LogP contribution in [-0.4, -0.2) is 24.1 Å². The van der Waals surface area contributed by atoms with Crippen LogP contribution in [0, 0.1) is 0 Å². The van der Waals surface area contributed by atoms with Crippen LogP contribution in [0.2, 0.25) is 0 Å². The molecule has 5 heteroatoms. The molecule has 3 nitrogen and oxygen atoms in total. The quantitative estimate of drug-likeness (QED) is 0.862. The lowest BCUT2D eigenvalue weighted by Crippen LogP contribution is -2.27. The number of rotatable bonds is 1. The lowest BCUT2D eigenvalue weighted by atomic mass is 10.3. The third kappa shape index (κ3) is 2.10. The highest BCUT2D eigenvalue weighted by molar-refractivity contribution is 9.11. The van der Waals surface area contributed by atoms with Crippen LogP contribution in [0.4, 0.5) is 5.82 Å². The number of hydrogen-bond acceptors (Lipinski definition) is 3. The van der Waals surface area contributed by atoms with Crippen LogP contribution < -0.4 is 10.6 Å². The van der Waals surface area contributed by atoms with Gasteiger partial charge < -0.3 is 10.6 Å². The molecular weight excluding hydrogens is 310 g/mol. The van der Waals surface area contributed by atoms with Crippen molar-refractivity contribution >= 4 is 37.7 Å². The topological polar surface area (TPSA) is 42.1 Å². The van der Waals surface area contributed by atoms with Crippen LogP contribution >= 0.6 is 31.9 Å². The van der Waals surface area contributed by atoms with E-state index in [1.165, 1.54) is 0 Å². The van der Waals surface area contributed by atoms with Crippen molar-refractivity contribution in [2.75, 3.05) is 18.0 Å². The normalized spacial score (nSPS) is 21.6. The largest absolute Gasteiger partial charge is 0.354 e. The van der Waals surface area contributed by atoms with Gasteiger partial charge in [-0.25, -0.2) is 4.98 Å². The van der Waals surface area contributed by atoms with E-state index in [1.807, 2.05) is 12.3 Å². The first-order valence-electron chi connectivity index (χ1n) is 4.48. The molecule has 2 rings (SSSR count). The zero-order chi connectivity index (χ0) is 10.1. The van der Waals surface area contributed by atoms with E-state index in [2.05, 4.69) is 41.7 Å². The summed E-state index contributed by atoms with van der Waals surface area (Å²) in [6, 6.07) is 2.29. The van der Waals surface area contributed by atoms with Crippen LogP contribution in [0.15, 0.2) is 21.2 Å². The Kier molecular flexibility index (Phi) is 3.09. The van der Waals surface area contributed by atoms with Crippen molar-refractivity contribution < 1.29 is 0 Å². The van der Waals surface area contributed by atoms with Crippen molar-refractivity contribution in [2.24, 2.45) is 5.73 Å². The Morgan fingerprint density at radius 1 is 1.50 bits per heavy atom. The SMILES string of the molecule is NC1CCN(c2ncc(Br)cc2Br)C1. The molecule has 0 spiro atoms. The summed E-state index contributed by atoms with van der Waals surface area (Å²) >= 11 is 6.88. The highest BCUT2D eigenvalue weighted by Gasteiger charge is 2.21. The summed E-state index contributed by atoms with van der Waals surface area (Å²) in [6.45, 7) is 1.89. The van der Waals surface area contributed by atoms with Crippen molar-refractivity contribution in [1.29, 1.82) is 0 Å². The van der Waals surface area contributed by atoms with E-state index in [0.717, 1.165) is 34.3 Å². The minimum Gasteiger partial charge on any atom is -0.354 e. The van der Waals surface area contributed by atoms with Crippen LogP contribution in [0.1, 0.15) is 6.42 Å². The standard InChI is InChI=1S/C9H11Br2N3/c10-6-3-8(11)9(13-4-6)14-2-1-7(12)5-14/h3-4,7H,1-2,5,12H2. The Morgan fingerprint density at radius 2 is 2.29 bits per heavy atom. The predicted molar refractivity (Wildman–Crippen MR) is 64.4 cm³/mol. The number of hydrogen-bond donors (Lipinski definition) is 1. The van der Waals surface area contributed by atoms with Crippen LogP contribution in [0.5, 0.6) is 0 Å². The molecule has 2 heterocycles. The summed E-state index contributed by atoms with van der Waals surface area (Å²) in [6.07, 6.45) is 2.86. The second kappa shape index (κ2) is 4.16. The fourth-order valence-electron chi connectivity index (χ4n) is 1.62. The fraction of sp³-hybridized carbons (Fsp3) is 0.444. The summed E-state index contributed by atoms with van der Waals surface area (Å²) in [5.41, 5.74) is 5.85. The summed E-state index contributed by atoms with van der Waals surface area (Å²) in [7, 11) is 0. The molecule has 0 bridgehead atoms. The molecule has 1 aliphatic heterocycles. The van der Waals surface area contributed by atoms with Gasteiger partial charge in [0.05, 0.1) is 4.47 Å². The Labute approximate surface area is 99.9 Å². The number of nitrogens with zero attached hydrogens (tertiary/aromatic N) is 2. The third-order valence-corrected chi connectivity index (χ3v) is 3.33. The maximum Gasteiger partial charge on any atom is 0.142 e. The van der Waals surface area contributed by atoms with Gasteiger partial charge in [-0.15, -0.1) is 0 Å². The van der Waals surface area contributed by atoms with Gasteiger partial charge in [0.15, 0.2) is 0 Å². The zero-order valence-corrected chi connectivity index (χ0v) is 10.8. The molecule has 0 amide bonds. The molecule has 0 aliphatic carbocycles. The van der Waals surface area contributed by atoms with E-state index < -0.39 is 0 Å². The molecule has 1 atom stereocenters. The van der Waals surface area contributed by atoms with E-state index in [4.69, 9.17) is 5.73 Å². The summed E-state index contributed by atoms with van der Waals surface area (Å²) < 4.78 is 2.00. The van der Waals surface area contributed by atoms with Gasteiger partial charge in [-0.05, 0) is 44.3 Å². The fourth-order valence-corrected chi connectivity index (χ4v) is 2.86. The first-order chi connectivity index (χ1) is 6.66. The van der Waals surface area contributed by atoms with E-state index in [9.17, 15) is 0 Å².